The number of piperidine rings is 1. The number of hydrogen-bond donors (Lipinski definition) is 0. The van der Waals surface area contributed by atoms with Crippen molar-refractivity contribution >= 4 is 46.2 Å². The van der Waals surface area contributed by atoms with Crippen LogP contribution in [0, 0.1) is 24.2 Å². The third kappa shape index (κ3) is 5.38. The van der Waals surface area contributed by atoms with Gasteiger partial charge in [0.2, 0.25) is 17.5 Å². The molecule has 6 nitrogen and oxygen atoms in total. The molecule has 2 aliphatic rings. The van der Waals surface area contributed by atoms with E-state index >= 15 is 0 Å². The summed E-state index contributed by atoms with van der Waals surface area (Å²) >= 11 is 6.70. The maximum Gasteiger partial charge on any atom is 0.266 e. The SMILES string of the molecule is Cc1ccc(CN2C(=O)/C(=C\c3nc(C#N)c(N4CCC(Cc5ccccc5)CC4)o3)SC2=S)cc1. The lowest BCUT2D eigenvalue weighted by Crippen LogP contribution is -2.34. The Kier molecular flexibility index (Phi) is 7.21. The van der Waals surface area contributed by atoms with Crippen LogP contribution in [0.5, 0.6) is 0 Å². The van der Waals surface area contributed by atoms with Crippen molar-refractivity contribution in [2.24, 2.45) is 5.92 Å². The van der Waals surface area contributed by atoms with Crippen molar-refractivity contribution in [3.63, 3.8) is 0 Å². The molecule has 3 aromatic rings. The Balaban J connectivity index is 1.26. The summed E-state index contributed by atoms with van der Waals surface area (Å²) in [5.41, 5.74) is 3.78. The molecule has 36 heavy (non-hydrogen) atoms. The van der Waals surface area contributed by atoms with Gasteiger partial charge in [0.1, 0.15) is 10.4 Å². The first-order valence-corrected chi connectivity index (χ1v) is 13.2. The van der Waals surface area contributed by atoms with Crippen molar-refractivity contribution in [1.82, 2.24) is 9.88 Å². The standard InChI is InChI=1S/C28H26N4O2S2/c1-19-7-9-22(10-8-19)18-32-26(33)24(36-28(32)35)16-25-30-23(17-29)27(34-25)31-13-11-21(12-14-31)15-20-5-3-2-4-6-20/h2-10,16,21H,11-15,18H2,1H3/b24-16+. The first-order chi connectivity index (χ1) is 17.5. The molecule has 0 aliphatic carbocycles. The van der Waals surface area contributed by atoms with Crippen LogP contribution >= 0.6 is 24.0 Å². The molecular weight excluding hydrogens is 488 g/mol. The highest BCUT2D eigenvalue weighted by Gasteiger charge is 2.33. The second kappa shape index (κ2) is 10.7. The highest BCUT2D eigenvalue weighted by Crippen LogP contribution is 2.35. The van der Waals surface area contributed by atoms with E-state index in [0.29, 0.717) is 27.6 Å². The monoisotopic (exact) mass is 514 g/mol. The van der Waals surface area contributed by atoms with Gasteiger partial charge >= 0.3 is 0 Å². The zero-order chi connectivity index (χ0) is 25.1. The zero-order valence-corrected chi connectivity index (χ0v) is 21.6. The molecule has 2 aliphatic heterocycles. The number of carbonyl (C=O) groups is 1. The van der Waals surface area contributed by atoms with Crippen molar-refractivity contribution in [3.05, 3.63) is 87.8 Å². The van der Waals surface area contributed by atoms with Gasteiger partial charge < -0.3 is 9.32 Å². The lowest BCUT2D eigenvalue weighted by molar-refractivity contribution is -0.122. The van der Waals surface area contributed by atoms with Crippen LogP contribution < -0.4 is 4.90 Å². The van der Waals surface area contributed by atoms with Gasteiger partial charge in [-0.25, -0.2) is 0 Å². The number of rotatable bonds is 6. The van der Waals surface area contributed by atoms with Crippen LogP contribution in [-0.4, -0.2) is 33.2 Å². The summed E-state index contributed by atoms with van der Waals surface area (Å²) in [7, 11) is 0. The van der Waals surface area contributed by atoms with E-state index in [-0.39, 0.29) is 17.5 Å². The normalized spacial score (nSPS) is 17.7. The lowest BCUT2D eigenvalue weighted by Gasteiger charge is -2.31. The summed E-state index contributed by atoms with van der Waals surface area (Å²) < 4.78 is 6.50. The Labute approximate surface area is 220 Å². The number of oxazole rings is 1. The second-order valence-corrected chi connectivity index (χ2v) is 10.9. The fourth-order valence-electron chi connectivity index (χ4n) is 4.59. The predicted octanol–water partition coefficient (Wildman–Crippen LogP) is 5.72. The smallest absolute Gasteiger partial charge is 0.266 e. The molecule has 5 rings (SSSR count). The molecule has 2 fully saturated rings. The highest BCUT2D eigenvalue weighted by atomic mass is 32.2. The van der Waals surface area contributed by atoms with Gasteiger partial charge in [-0.1, -0.05) is 84.1 Å². The molecule has 182 valence electrons. The molecule has 2 saturated heterocycles. The van der Waals surface area contributed by atoms with Crippen molar-refractivity contribution in [3.8, 4) is 6.07 Å². The fraction of sp³-hybridized carbons (Fsp3) is 0.286. The maximum atomic E-state index is 13.0. The number of hydrogen-bond acceptors (Lipinski definition) is 7. The molecular formula is C28H26N4O2S2. The van der Waals surface area contributed by atoms with Crippen molar-refractivity contribution in [1.29, 1.82) is 5.26 Å². The Morgan fingerprint density at radius 3 is 2.56 bits per heavy atom. The molecule has 0 spiro atoms. The number of thioether (sulfide) groups is 1. The summed E-state index contributed by atoms with van der Waals surface area (Å²) in [5.74, 6) is 1.16. The summed E-state index contributed by atoms with van der Waals surface area (Å²) in [6.45, 7) is 4.05. The van der Waals surface area contributed by atoms with Crippen LogP contribution in [0.2, 0.25) is 0 Å². The number of thiocarbonyl (C=S) groups is 1. The molecule has 0 atom stereocenters. The Bertz CT molecular complexity index is 1330. The molecule has 0 N–H and O–H groups in total. The number of nitrogens with zero attached hydrogens (tertiary/aromatic N) is 4. The molecule has 2 aromatic carbocycles. The van der Waals surface area contributed by atoms with Crippen LogP contribution in [0.4, 0.5) is 5.88 Å². The fourth-order valence-corrected chi connectivity index (χ4v) is 5.81. The topological polar surface area (TPSA) is 73.4 Å². The van der Waals surface area contributed by atoms with Crippen LogP contribution in [-0.2, 0) is 17.8 Å². The first kappa shape index (κ1) is 24.3. The van der Waals surface area contributed by atoms with Gasteiger partial charge in [0.25, 0.3) is 5.91 Å². The number of aromatic nitrogens is 1. The molecule has 1 aromatic heterocycles. The molecule has 0 saturated carbocycles. The van der Waals surface area contributed by atoms with E-state index in [1.54, 1.807) is 11.0 Å². The number of anilines is 1. The van der Waals surface area contributed by atoms with E-state index in [1.807, 2.05) is 37.3 Å². The average molecular weight is 515 g/mol. The van der Waals surface area contributed by atoms with Crippen LogP contribution in [0.1, 0.15) is 41.1 Å². The minimum Gasteiger partial charge on any atom is -0.420 e. The second-order valence-electron chi connectivity index (χ2n) is 9.19. The van der Waals surface area contributed by atoms with Gasteiger partial charge in [0, 0.05) is 19.2 Å². The maximum absolute atomic E-state index is 13.0. The minimum absolute atomic E-state index is 0.175. The molecule has 0 unspecified atom stereocenters. The van der Waals surface area contributed by atoms with Gasteiger partial charge in [-0.05, 0) is 43.2 Å². The van der Waals surface area contributed by atoms with Crippen LogP contribution in [0.15, 0.2) is 63.9 Å². The van der Waals surface area contributed by atoms with Crippen LogP contribution in [0.3, 0.4) is 0 Å². The average Bonchev–Trinajstić information content (AvgIpc) is 3.42. The van der Waals surface area contributed by atoms with E-state index in [1.165, 1.54) is 17.3 Å². The van der Waals surface area contributed by atoms with Crippen molar-refractivity contribution < 1.29 is 9.21 Å². The Morgan fingerprint density at radius 2 is 1.86 bits per heavy atom. The van der Waals surface area contributed by atoms with Gasteiger partial charge in [-0.2, -0.15) is 10.2 Å². The molecule has 3 heterocycles. The first-order valence-electron chi connectivity index (χ1n) is 12.0. The summed E-state index contributed by atoms with van der Waals surface area (Å²) in [4.78, 5) is 21.5. The predicted molar refractivity (Wildman–Crippen MR) is 146 cm³/mol. The van der Waals surface area contributed by atoms with Crippen molar-refractivity contribution in [2.75, 3.05) is 18.0 Å². The lowest BCUT2D eigenvalue weighted by atomic mass is 9.90. The number of benzene rings is 2. The number of amides is 1. The molecule has 8 heteroatoms. The van der Waals surface area contributed by atoms with E-state index in [4.69, 9.17) is 16.6 Å². The van der Waals surface area contributed by atoms with Gasteiger partial charge in [-0.15, -0.1) is 0 Å². The number of aryl methyl sites for hydroxylation is 1. The minimum atomic E-state index is -0.175. The molecule has 0 bridgehead atoms. The molecule has 1 amide bonds. The number of nitriles is 1. The van der Waals surface area contributed by atoms with Crippen molar-refractivity contribution in [2.45, 2.75) is 32.7 Å². The van der Waals surface area contributed by atoms with E-state index in [9.17, 15) is 10.1 Å². The van der Waals surface area contributed by atoms with E-state index < -0.39 is 0 Å². The zero-order valence-electron chi connectivity index (χ0n) is 20.0. The number of carbonyl (C=O) groups excluding carboxylic acids is 1. The molecule has 0 radical (unpaired) electrons. The summed E-state index contributed by atoms with van der Waals surface area (Å²) in [6, 6.07) is 20.7. The van der Waals surface area contributed by atoms with Gasteiger partial charge in [-0.3, -0.25) is 9.69 Å². The largest absolute Gasteiger partial charge is 0.420 e. The quantitative estimate of drug-likeness (QED) is 0.308. The van der Waals surface area contributed by atoms with Gasteiger partial charge in [0.15, 0.2) is 0 Å². The highest BCUT2D eigenvalue weighted by molar-refractivity contribution is 8.26. The summed E-state index contributed by atoms with van der Waals surface area (Å²) in [6.07, 6.45) is 4.70. The third-order valence-corrected chi connectivity index (χ3v) is 7.97. The van der Waals surface area contributed by atoms with Gasteiger partial charge in [0.05, 0.1) is 11.4 Å². The third-order valence-electron chi connectivity index (χ3n) is 6.59. The Morgan fingerprint density at radius 1 is 1.14 bits per heavy atom. The van der Waals surface area contributed by atoms with Crippen LogP contribution in [0.25, 0.3) is 6.08 Å². The van der Waals surface area contributed by atoms with E-state index in [2.05, 4.69) is 40.2 Å². The Hall–Kier alpha value is -3.41. The van der Waals surface area contributed by atoms with E-state index in [0.717, 1.165) is 43.5 Å². The summed E-state index contributed by atoms with van der Waals surface area (Å²) in [5, 5.41) is 9.67.